The van der Waals surface area contributed by atoms with Gasteiger partial charge in [-0.1, -0.05) is 36.4 Å². The van der Waals surface area contributed by atoms with E-state index in [0.29, 0.717) is 0 Å². The van der Waals surface area contributed by atoms with E-state index in [1.165, 1.54) is 24.8 Å². The average molecular weight is 403 g/mol. The minimum absolute atomic E-state index is 0.00632. The summed E-state index contributed by atoms with van der Waals surface area (Å²) >= 11 is 0. The van der Waals surface area contributed by atoms with Gasteiger partial charge in [0, 0.05) is 5.54 Å². The fraction of sp³-hybridized carbons (Fsp3) is 0.435. The van der Waals surface area contributed by atoms with Crippen molar-refractivity contribution in [2.45, 2.75) is 56.8 Å². The third-order valence-electron chi connectivity index (χ3n) is 5.29. The highest BCUT2D eigenvalue weighted by Crippen LogP contribution is 2.39. The lowest BCUT2D eigenvalue weighted by molar-refractivity contribution is -0.132. The largest absolute Gasteiger partial charge is 0.494 e. The van der Waals surface area contributed by atoms with Gasteiger partial charge in [0.1, 0.15) is 6.10 Å². The summed E-state index contributed by atoms with van der Waals surface area (Å²) in [6.45, 7) is 2.03. The number of carbonyl (C=O) groups is 1. The zero-order chi connectivity index (χ0) is 20.9. The van der Waals surface area contributed by atoms with Crippen LogP contribution in [0.1, 0.15) is 38.2 Å². The van der Waals surface area contributed by atoms with Crippen molar-refractivity contribution in [2.75, 3.05) is 7.11 Å². The molecule has 1 saturated carbocycles. The molecule has 6 heteroatoms. The number of methoxy groups -OCH3 is 1. The normalized spacial score (nSPS) is 21.7. The molecule has 0 radical (unpaired) electrons. The van der Waals surface area contributed by atoms with Gasteiger partial charge in [-0.05, 0) is 56.7 Å². The molecular formula is C23H27F2NO3. The molecule has 0 aromatic heterocycles. The molecule has 2 unspecified atom stereocenters. The van der Waals surface area contributed by atoms with E-state index in [4.69, 9.17) is 4.74 Å². The standard InChI is InChI=1S/C16H21NO2.C7H6F2O/c1-12-7-8-14(19-12)15(18)17-16(9-10-16)11-13-5-3-2-4-6-13;1-10-6-4-2-3-5(8)7(6)9/h2-6,12,14H,7-11H2,1H3,(H,17,18);2-4H,1H3. The van der Waals surface area contributed by atoms with Gasteiger partial charge in [0.2, 0.25) is 11.7 Å². The first-order chi connectivity index (χ1) is 13.9. The van der Waals surface area contributed by atoms with Crippen molar-refractivity contribution in [3.8, 4) is 5.75 Å². The molecule has 0 bridgehead atoms. The van der Waals surface area contributed by atoms with Gasteiger partial charge in [-0.25, -0.2) is 4.39 Å². The van der Waals surface area contributed by atoms with Gasteiger partial charge < -0.3 is 14.8 Å². The van der Waals surface area contributed by atoms with Crippen molar-refractivity contribution in [1.29, 1.82) is 0 Å². The van der Waals surface area contributed by atoms with Crippen molar-refractivity contribution in [3.05, 3.63) is 65.7 Å². The molecule has 2 aliphatic rings. The molecule has 2 aromatic rings. The van der Waals surface area contributed by atoms with Crippen LogP contribution in [0.3, 0.4) is 0 Å². The molecule has 1 amide bonds. The molecule has 2 fully saturated rings. The number of halogens is 2. The van der Waals surface area contributed by atoms with E-state index in [2.05, 4.69) is 34.3 Å². The van der Waals surface area contributed by atoms with Crippen LogP contribution in [0.25, 0.3) is 0 Å². The Kier molecular flexibility index (Phi) is 6.85. The maximum atomic E-state index is 12.5. The van der Waals surface area contributed by atoms with Crippen molar-refractivity contribution >= 4 is 5.91 Å². The summed E-state index contributed by atoms with van der Waals surface area (Å²) in [5.74, 6) is -1.82. The summed E-state index contributed by atoms with van der Waals surface area (Å²) < 4.78 is 35.0. The minimum atomic E-state index is -0.940. The maximum Gasteiger partial charge on any atom is 0.249 e. The Morgan fingerprint density at radius 3 is 2.41 bits per heavy atom. The summed E-state index contributed by atoms with van der Waals surface area (Å²) in [6.07, 6.45) is 4.93. The summed E-state index contributed by atoms with van der Waals surface area (Å²) in [6, 6.07) is 14.2. The number of carbonyl (C=O) groups excluding carboxylic acids is 1. The second-order valence-corrected chi connectivity index (χ2v) is 7.70. The fourth-order valence-corrected chi connectivity index (χ4v) is 3.46. The van der Waals surface area contributed by atoms with Crippen LogP contribution in [-0.2, 0) is 16.0 Å². The summed E-state index contributed by atoms with van der Waals surface area (Å²) in [5, 5.41) is 3.21. The zero-order valence-corrected chi connectivity index (χ0v) is 16.8. The first kappa shape index (κ1) is 21.2. The Hall–Kier alpha value is -2.47. The van der Waals surface area contributed by atoms with Gasteiger partial charge >= 0.3 is 0 Å². The number of amides is 1. The molecule has 1 aliphatic heterocycles. The molecule has 4 rings (SSSR count). The number of rotatable bonds is 5. The van der Waals surface area contributed by atoms with E-state index in [-0.39, 0.29) is 29.4 Å². The number of hydrogen-bond donors (Lipinski definition) is 1. The second kappa shape index (κ2) is 9.35. The third-order valence-corrected chi connectivity index (χ3v) is 5.29. The molecular weight excluding hydrogens is 376 g/mol. The van der Waals surface area contributed by atoms with E-state index in [9.17, 15) is 13.6 Å². The monoisotopic (exact) mass is 403 g/mol. The molecule has 2 aromatic carbocycles. The highest BCUT2D eigenvalue weighted by Gasteiger charge is 2.45. The number of ether oxygens (including phenoxy) is 2. The Balaban J connectivity index is 0.000000204. The highest BCUT2D eigenvalue weighted by molar-refractivity contribution is 5.82. The number of benzene rings is 2. The van der Waals surface area contributed by atoms with Crippen LogP contribution < -0.4 is 10.1 Å². The Morgan fingerprint density at radius 1 is 1.14 bits per heavy atom. The number of nitrogens with one attached hydrogen (secondary N) is 1. The molecule has 156 valence electrons. The Bertz CT molecular complexity index is 824. The molecule has 1 aliphatic carbocycles. The Morgan fingerprint density at radius 2 is 1.86 bits per heavy atom. The van der Waals surface area contributed by atoms with Gasteiger partial charge in [0.25, 0.3) is 0 Å². The van der Waals surface area contributed by atoms with Crippen LogP contribution in [0.5, 0.6) is 5.75 Å². The van der Waals surface area contributed by atoms with Gasteiger partial charge in [0.15, 0.2) is 11.6 Å². The molecule has 2 atom stereocenters. The Labute approximate surface area is 170 Å². The molecule has 29 heavy (non-hydrogen) atoms. The van der Waals surface area contributed by atoms with E-state index >= 15 is 0 Å². The first-order valence-corrected chi connectivity index (χ1v) is 9.92. The second-order valence-electron chi connectivity index (χ2n) is 7.70. The molecule has 0 spiro atoms. The zero-order valence-electron chi connectivity index (χ0n) is 16.8. The van der Waals surface area contributed by atoms with Crippen LogP contribution >= 0.6 is 0 Å². The lowest BCUT2D eigenvalue weighted by Gasteiger charge is -2.20. The highest BCUT2D eigenvalue weighted by atomic mass is 19.2. The van der Waals surface area contributed by atoms with Gasteiger partial charge in [-0.15, -0.1) is 0 Å². The van der Waals surface area contributed by atoms with Crippen LogP contribution in [0.2, 0.25) is 0 Å². The van der Waals surface area contributed by atoms with Gasteiger partial charge in [-0.3, -0.25) is 4.79 Å². The quantitative estimate of drug-likeness (QED) is 0.804. The van der Waals surface area contributed by atoms with Crippen LogP contribution in [-0.4, -0.2) is 30.8 Å². The average Bonchev–Trinajstić information content (AvgIpc) is 3.31. The molecule has 1 heterocycles. The fourth-order valence-electron chi connectivity index (χ4n) is 3.46. The van der Waals surface area contributed by atoms with Gasteiger partial charge in [0.05, 0.1) is 13.2 Å². The first-order valence-electron chi connectivity index (χ1n) is 9.92. The van der Waals surface area contributed by atoms with Crippen molar-refractivity contribution in [3.63, 3.8) is 0 Å². The van der Waals surface area contributed by atoms with E-state index in [0.717, 1.165) is 38.2 Å². The predicted molar refractivity (Wildman–Crippen MR) is 107 cm³/mol. The van der Waals surface area contributed by atoms with Crippen molar-refractivity contribution < 1.29 is 23.0 Å². The topological polar surface area (TPSA) is 47.6 Å². The number of hydrogen-bond acceptors (Lipinski definition) is 3. The van der Waals surface area contributed by atoms with Crippen LogP contribution in [0, 0.1) is 11.6 Å². The summed E-state index contributed by atoms with van der Waals surface area (Å²) in [7, 11) is 1.29. The SMILES string of the molecule is CC1CCC(C(=O)NC2(Cc3ccccc3)CC2)O1.COc1cccc(F)c1F. The van der Waals surface area contributed by atoms with Gasteiger partial charge in [-0.2, -0.15) is 4.39 Å². The minimum Gasteiger partial charge on any atom is -0.494 e. The smallest absolute Gasteiger partial charge is 0.249 e. The lowest BCUT2D eigenvalue weighted by Crippen LogP contribution is -2.44. The molecule has 1 saturated heterocycles. The molecule has 4 nitrogen and oxygen atoms in total. The summed E-state index contributed by atoms with van der Waals surface area (Å²) in [4.78, 5) is 12.2. The van der Waals surface area contributed by atoms with Crippen LogP contribution in [0.15, 0.2) is 48.5 Å². The van der Waals surface area contributed by atoms with Crippen molar-refractivity contribution in [2.24, 2.45) is 0 Å². The van der Waals surface area contributed by atoms with Crippen molar-refractivity contribution in [1.82, 2.24) is 5.32 Å². The van der Waals surface area contributed by atoms with E-state index < -0.39 is 11.6 Å². The maximum absolute atomic E-state index is 12.5. The molecule has 1 N–H and O–H groups in total. The summed E-state index contributed by atoms with van der Waals surface area (Å²) in [5.41, 5.74) is 1.29. The lowest BCUT2D eigenvalue weighted by atomic mass is 10.0. The van der Waals surface area contributed by atoms with E-state index in [1.807, 2.05) is 13.0 Å². The van der Waals surface area contributed by atoms with Crippen LogP contribution in [0.4, 0.5) is 8.78 Å². The van der Waals surface area contributed by atoms with E-state index in [1.54, 1.807) is 0 Å². The third kappa shape index (κ3) is 5.76. The predicted octanol–water partition coefficient (Wildman–Crippen LogP) is 4.42.